The fraction of sp³-hybridized carbons (Fsp3) is 0.550. The van der Waals surface area contributed by atoms with Crippen LogP contribution in [0.5, 0.6) is 11.5 Å². The lowest BCUT2D eigenvalue weighted by molar-refractivity contribution is -0.135. The van der Waals surface area contributed by atoms with Crippen LogP contribution in [0.1, 0.15) is 25.3 Å². The number of nitriles is 1. The largest absolute Gasteiger partial charge is 0.490 e. The third-order valence-corrected chi connectivity index (χ3v) is 4.76. The van der Waals surface area contributed by atoms with Gasteiger partial charge in [0.15, 0.2) is 18.1 Å². The van der Waals surface area contributed by atoms with Gasteiger partial charge in [0, 0.05) is 38.3 Å². The van der Waals surface area contributed by atoms with E-state index in [-0.39, 0.29) is 18.4 Å². The zero-order valence-electron chi connectivity index (χ0n) is 16.1. The highest BCUT2D eigenvalue weighted by molar-refractivity contribution is 5.79. The average Bonchev–Trinajstić information content (AvgIpc) is 3.51. The second-order valence-electron chi connectivity index (χ2n) is 6.99. The number of nitrogens with one attached hydrogen (secondary N) is 1. The summed E-state index contributed by atoms with van der Waals surface area (Å²) in [5, 5.41) is 12.0. The minimum atomic E-state index is -0.103. The molecule has 0 unspecified atom stereocenters. The van der Waals surface area contributed by atoms with Gasteiger partial charge in [-0.15, -0.1) is 0 Å². The third kappa shape index (κ3) is 5.60. The molecular formula is C20H26N4O4. The van der Waals surface area contributed by atoms with Crippen LogP contribution in [0.15, 0.2) is 18.2 Å². The second-order valence-corrected chi connectivity index (χ2v) is 6.99. The molecule has 1 aliphatic carbocycles. The van der Waals surface area contributed by atoms with Crippen molar-refractivity contribution in [3.05, 3.63) is 23.8 Å². The number of nitrogens with zero attached hydrogens (tertiary/aromatic N) is 3. The molecule has 0 bridgehead atoms. The van der Waals surface area contributed by atoms with Gasteiger partial charge >= 0.3 is 0 Å². The Morgan fingerprint density at radius 1 is 1.18 bits per heavy atom. The molecule has 1 aromatic carbocycles. The number of ether oxygens (including phenoxy) is 2. The molecule has 0 radical (unpaired) electrons. The van der Waals surface area contributed by atoms with Gasteiger partial charge in [-0.1, -0.05) is 0 Å². The molecule has 8 nitrogen and oxygen atoms in total. The normalized spacial score (nSPS) is 16.9. The summed E-state index contributed by atoms with van der Waals surface area (Å²) in [4.78, 5) is 28.2. The summed E-state index contributed by atoms with van der Waals surface area (Å²) in [5.74, 6) is 0.870. The predicted molar refractivity (Wildman–Crippen MR) is 102 cm³/mol. The molecule has 8 heteroatoms. The Balaban J connectivity index is 1.44. The van der Waals surface area contributed by atoms with Crippen molar-refractivity contribution in [3.63, 3.8) is 0 Å². The number of hydrogen-bond donors (Lipinski definition) is 1. The highest BCUT2D eigenvalue weighted by atomic mass is 16.5. The quantitative estimate of drug-likeness (QED) is 0.709. The lowest BCUT2D eigenvalue weighted by Crippen LogP contribution is -2.52. The van der Waals surface area contributed by atoms with Crippen LogP contribution in [0.4, 0.5) is 0 Å². The molecule has 0 atom stereocenters. The van der Waals surface area contributed by atoms with Crippen molar-refractivity contribution < 1.29 is 19.1 Å². The first-order chi connectivity index (χ1) is 13.6. The number of hydrogen-bond acceptors (Lipinski definition) is 6. The van der Waals surface area contributed by atoms with Crippen molar-refractivity contribution in [2.75, 3.05) is 45.9 Å². The smallest absolute Gasteiger partial charge is 0.260 e. The number of carbonyl (C=O) groups excluding carboxylic acids is 2. The van der Waals surface area contributed by atoms with Gasteiger partial charge in [-0.25, -0.2) is 0 Å². The van der Waals surface area contributed by atoms with E-state index in [1.165, 1.54) is 0 Å². The molecule has 3 rings (SSSR count). The molecule has 150 valence electrons. The standard InChI is InChI=1S/C20H26N4O4/c1-2-27-18-11-15(12-21)3-6-17(18)28-14-20(26)24-9-7-23(8-10-24)13-19(25)22-16-4-5-16/h3,6,11,16H,2,4-5,7-10,13-14H2,1H3,(H,22,25). The van der Waals surface area contributed by atoms with Crippen LogP contribution >= 0.6 is 0 Å². The van der Waals surface area contributed by atoms with Gasteiger partial charge in [-0.2, -0.15) is 5.26 Å². The summed E-state index contributed by atoms with van der Waals surface area (Å²) >= 11 is 0. The van der Waals surface area contributed by atoms with Crippen molar-refractivity contribution in [3.8, 4) is 17.6 Å². The molecule has 2 fully saturated rings. The van der Waals surface area contributed by atoms with Gasteiger partial charge in [-0.05, 0) is 31.9 Å². The monoisotopic (exact) mass is 386 g/mol. The summed E-state index contributed by atoms with van der Waals surface area (Å²) in [5.41, 5.74) is 0.476. The minimum Gasteiger partial charge on any atom is -0.490 e. The predicted octanol–water partition coefficient (Wildman–Crippen LogP) is 0.759. The molecule has 1 saturated carbocycles. The number of rotatable bonds is 8. The third-order valence-electron chi connectivity index (χ3n) is 4.76. The zero-order chi connectivity index (χ0) is 19.9. The second kappa shape index (κ2) is 9.42. The van der Waals surface area contributed by atoms with Gasteiger partial charge in [0.05, 0.1) is 24.8 Å². The van der Waals surface area contributed by atoms with Crippen LogP contribution in [0.3, 0.4) is 0 Å². The van der Waals surface area contributed by atoms with E-state index in [0.29, 0.717) is 62.4 Å². The Bertz CT molecular complexity index is 749. The van der Waals surface area contributed by atoms with E-state index in [2.05, 4.69) is 16.3 Å². The van der Waals surface area contributed by atoms with E-state index < -0.39 is 0 Å². The van der Waals surface area contributed by atoms with Crippen LogP contribution < -0.4 is 14.8 Å². The minimum absolute atomic E-state index is 0.0647. The molecule has 1 heterocycles. The first-order valence-electron chi connectivity index (χ1n) is 9.68. The van der Waals surface area contributed by atoms with Crippen LogP contribution in [-0.2, 0) is 9.59 Å². The number of amides is 2. The zero-order valence-corrected chi connectivity index (χ0v) is 16.1. The SMILES string of the molecule is CCOc1cc(C#N)ccc1OCC(=O)N1CCN(CC(=O)NC2CC2)CC1. The Kier molecular flexibility index (Phi) is 6.71. The van der Waals surface area contributed by atoms with Gasteiger partial charge in [0.1, 0.15) is 0 Å². The lowest BCUT2D eigenvalue weighted by atomic mass is 10.2. The Morgan fingerprint density at radius 3 is 2.57 bits per heavy atom. The molecule has 2 amide bonds. The van der Waals surface area contributed by atoms with Crippen molar-refractivity contribution >= 4 is 11.8 Å². The molecular weight excluding hydrogens is 360 g/mol. The van der Waals surface area contributed by atoms with Crippen LogP contribution in [0.2, 0.25) is 0 Å². The Morgan fingerprint density at radius 2 is 1.93 bits per heavy atom. The van der Waals surface area contributed by atoms with Crippen molar-refractivity contribution in [1.82, 2.24) is 15.1 Å². The van der Waals surface area contributed by atoms with E-state index in [1.54, 1.807) is 23.1 Å². The first kappa shape index (κ1) is 20.0. The molecule has 1 aliphatic heterocycles. The Hall–Kier alpha value is -2.79. The maximum absolute atomic E-state index is 12.5. The first-order valence-corrected chi connectivity index (χ1v) is 9.68. The molecule has 1 aromatic rings. The maximum Gasteiger partial charge on any atom is 0.260 e. The van der Waals surface area contributed by atoms with Gasteiger partial charge in [0.2, 0.25) is 5.91 Å². The maximum atomic E-state index is 12.5. The van der Waals surface area contributed by atoms with E-state index in [9.17, 15) is 9.59 Å². The Labute approximate surface area is 165 Å². The summed E-state index contributed by atoms with van der Waals surface area (Å²) in [7, 11) is 0. The lowest BCUT2D eigenvalue weighted by Gasteiger charge is -2.34. The molecule has 2 aliphatic rings. The average molecular weight is 386 g/mol. The molecule has 1 N–H and O–H groups in total. The van der Waals surface area contributed by atoms with Gasteiger partial charge in [-0.3, -0.25) is 14.5 Å². The van der Waals surface area contributed by atoms with Crippen LogP contribution in [0, 0.1) is 11.3 Å². The van der Waals surface area contributed by atoms with E-state index in [4.69, 9.17) is 14.7 Å². The highest BCUT2D eigenvalue weighted by Crippen LogP contribution is 2.28. The fourth-order valence-corrected chi connectivity index (χ4v) is 3.06. The molecule has 0 aromatic heterocycles. The topological polar surface area (TPSA) is 94.9 Å². The fourth-order valence-electron chi connectivity index (χ4n) is 3.06. The van der Waals surface area contributed by atoms with Crippen LogP contribution in [0.25, 0.3) is 0 Å². The van der Waals surface area contributed by atoms with E-state index in [0.717, 1.165) is 12.8 Å². The summed E-state index contributed by atoms with van der Waals surface area (Å²) in [6.45, 7) is 5.07. The summed E-state index contributed by atoms with van der Waals surface area (Å²) in [6, 6.07) is 7.31. The van der Waals surface area contributed by atoms with E-state index in [1.807, 2.05) is 6.92 Å². The van der Waals surface area contributed by atoms with Gasteiger partial charge in [0.25, 0.3) is 5.91 Å². The van der Waals surface area contributed by atoms with Crippen molar-refractivity contribution in [2.45, 2.75) is 25.8 Å². The highest BCUT2D eigenvalue weighted by Gasteiger charge is 2.26. The molecule has 1 saturated heterocycles. The van der Waals surface area contributed by atoms with E-state index >= 15 is 0 Å². The van der Waals surface area contributed by atoms with Crippen molar-refractivity contribution in [2.24, 2.45) is 0 Å². The van der Waals surface area contributed by atoms with Gasteiger partial charge < -0.3 is 19.7 Å². The summed E-state index contributed by atoms with van der Waals surface area (Å²) < 4.78 is 11.1. The van der Waals surface area contributed by atoms with Crippen LogP contribution in [-0.4, -0.2) is 73.6 Å². The number of carbonyl (C=O) groups is 2. The van der Waals surface area contributed by atoms with Crippen molar-refractivity contribution in [1.29, 1.82) is 5.26 Å². The molecule has 28 heavy (non-hydrogen) atoms. The summed E-state index contributed by atoms with van der Waals surface area (Å²) in [6.07, 6.45) is 2.16. The molecule has 0 spiro atoms. The number of benzene rings is 1. The number of piperazine rings is 1.